The van der Waals surface area contributed by atoms with Crippen LogP contribution in [0, 0.1) is 5.92 Å². The molecule has 0 aromatic heterocycles. The van der Waals surface area contributed by atoms with E-state index in [1.807, 2.05) is 0 Å². The lowest BCUT2D eigenvalue weighted by Gasteiger charge is -2.19. The highest BCUT2D eigenvalue weighted by Gasteiger charge is 2.10. The molecular weight excluding hydrogens is 144 g/mol. The van der Waals surface area contributed by atoms with Crippen molar-refractivity contribution in [2.45, 2.75) is 12.8 Å². The molecule has 0 atom stereocenters. The molecule has 1 rings (SSSR count). The standard InChI is InChI=1S/C7H12N2S/c10-6-9-5-7-1-3-8-4-2-7/h7-8H,1-5H2. The van der Waals surface area contributed by atoms with Crippen LogP contribution in [0.4, 0.5) is 0 Å². The maximum absolute atomic E-state index is 4.49. The van der Waals surface area contributed by atoms with Gasteiger partial charge in [-0.2, -0.15) is 0 Å². The van der Waals surface area contributed by atoms with E-state index >= 15 is 0 Å². The van der Waals surface area contributed by atoms with Crippen LogP contribution < -0.4 is 5.32 Å². The summed E-state index contributed by atoms with van der Waals surface area (Å²) in [4.78, 5) is 3.93. The number of rotatable bonds is 2. The molecule has 1 saturated heterocycles. The first kappa shape index (κ1) is 7.86. The minimum Gasteiger partial charge on any atom is -0.317 e. The Balaban J connectivity index is 2.19. The monoisotopic (exact) mass is 156 g/mol. The van der Waals surface area contributed by atoms with E-state index in [1.165, 1.54) is 12.8 Å². The highest BCUT2D eigenvalue weighted by Crippen LogP contribution is 2.10. The fourth-order valence-electron chi connectivity index (χ4n) is 1.23. The molecule has 0 aromatic rings. The van der Waals surface area contributed by atoms with Gasteiger partial charge in [-0.3, -0.25) is 0 Å². The second-order valence-electron chi connectivity index (χ2n) is 2.63. The predicted molar refractivity (Wildman–Crippen MR) is 45.5 cm³/mol. The van der Waals surface area contributed by atoms with Gasteiger partial charge in [0.05, 0.1) is 11.7 Å². The molecule has 10 heavy (non-hydrogen) atoms. The van der Waals surface area contributed by atoms with E-state index in [2.05, 4.69) is 27.7 Å². The molecule has 0 aliphatic carbocycles. The van der Waals surface area contributed by atoms with E-state index in [9.17, 15) is 0 Å². The minimum absolute atomic E-state index is 0.747. The largest absolute Gasteiger partial charge is 0.317 e. The molecule has 56 valence electrons. The SMILES string of the molecule is S=C=NCC1CCNCC1. The molecule has 0 aromatic carbocycles. The molecule has 1 heterocycles. The van der Waals surface area contributed by atoms with E-state index in [1.54, 1.807) is 0 Å². The summed E-state index contributed by atoms with van der Waals surface area (Å²) in [5.74, 6) is 0.747. The molecular formula is C7H12N2S. The number of thiocarbonyl (C=S) groups is 1. The first-order chi connectivity index (χ1) is 4.93. The van der Waals surface area contributed by atoms with E-state index in [-0.39, 0.29) is 0 Å². The molecule has 1 aliphatic heterocycles. The normalized spacial score (nSPS) is 20.0. The maximum atomic E-state index is 4.49. The van der Waals surface area contributed by atoms with Crippen molar-refractivity contribution >= 4 is 17.4 Å². The summed E-state index contributed by atoms with van der Waals surface area (Å²) < 4.78 is 0. The topological polar surface area (TPSA) is 24.4 Å². The highest BCUT2D eigenvalue weighted by atomic mass is 32.1. The zero-order chi connectivity index (χ0) is 7.23. The van der Waals surface area contributed by atoms with Crippen LogP contribution in [-0.4, -0.2) is 24.8 Å². The van der Waals surface area contributed by atoms with Crippen LogP contribution in [-0.2, 0) is 0 Å². The summed E-state index contributed by atoms with van der Waals surface area (Å²) in [6.07, 6.45) is 2.47. The third kappa shape index (κ3) is 2.56. The molecule has 0 radical (unpaired) electrons. The van der Waals surface area contributed by atoms with Gasteiger partial charge in [0.2, 0.25) is 0 Å². The van der Waals surface area contributed by atoms with Crippen molar-refractivity contribution < 1.29 is 0 Å². The lowest BCUT2D eigenvalue weighted by molar-refractivity contribution is 0.383. The van der Waals surface area contributed by atoms with Gasteiger partial charge in [-0.15, -0.1) is 0 Å². The van der Waals surface area contributed by atoms with Crippen molar-refractivity contribution in [3.05, 3.63) is 0 Å². The molecule has 1 N–H and O–H groups in total. The van der Waals surface area contributed by atoms with Gasteiger partial charge >= 0.3 is 0 Å². The highest BCUT2D eigenvalue weighted by molar-refractivity contribution is 7.78. The van der Waals surface area contributed by atoms with Gasteiger partial charge in [0.15, 0.2) is 0 Å². The second kappa shape index (κ2) is 4.56. The number of isothiocyanates is 1. The second-order valence-corrected chi connectivity index (χ2v) is 2.81. The van der Waals surface area contributed by atoms with Crippen LogP contribution in [0.15, 0.2) is 4.99 Å². The molecule has 3 heteroatoms. The summed E-state index contributed by atoms with van der Waals surface area (Å²) in [6, 6.07) is 0. The lowest BCUT2D eigenvalue weighted by atomic mass is 9.99. The first-order valence-corrected chi connectivity index (χ1v) is 4.08. The third-order valence-corrected chi connectivity index (χ3v) is 2.00. The maximum Gasteiger partial charge on any atom is 0.0585 e. The summed E-state index contributed by atoms with van der Waals surface area (Å²) in [7, 11) is 0. The van der Waals surface area contributed by atoms with E-state index in [0.717, 1.165) is 25.6 Å². The Hall–Kier alpha value is -0.240. The van der Waals surface area contributed by atoms with E-state index in [4.69, 9.17) is 0 Å². The number of piperidine rings is 1. The molecule has 0 bridgehead atoms. The number of nitrogens with zero attached hydrogens (tertiary/aromatic N) is 1. The van der Waals surface area contributed by atoms with Crippen LogP contribution in [0.1, 0.15) is 12.8 Å². The molecule has 1 fully saturated rings. The number of nitrogens with one attached hydrogen (secondary N) is 1. The van der Waals surface area contributed by atoms with E-state index < -0.39 is 0 Å². The van der Waals surface area contributed by atoms with Crippen LogP contribution in [0.25, 0.3) is 0 Å². The zero-order valence-corrected chi connectivity index (χ0v) is 6.78. The van der Waals surface area contributed by atoms with Crippen LogP contribution >= 0.6 is 12.2 Å². The Labute approximate surface area is 66.7 Å². The fourth-order valence-corrected chi connectivity index (χ4v) is 1.31. The van der Waals surface area contributed by atoms with Crippen LogP contribution in [0.5, 0.6) is 0 Å². The lowest BCUT2D eigenvalue weighted by Crippen LogP contribution is -2.28. The average molecular weight is 156 g/mol. The summed E-state index contributed by atoms with van der Waals surface area (Å²) in [5, 5.41) is 5.71. The molecule has 1 aliphatic rings. The molecule has 0 spiro atoms. The van der Waals surface area contributed by atoms with Gasteiger partial charge < -0.3 is 5.32 Å². The van der Waals surface area contributed by atoms with Gasteiger partial charge in [0.25, 0.3) is 0 Å². The molecule has 0 saturated carbocycles. The van der Waals surface area contributed by atoms with Gasteiger partial charge in [-0.25, -0.2) is 4.99 Å². The zero-order valence-electron chi connectivity index (χ0n) is 5.97. The van der Waals surface area contributed by atoms with Crippen LogP contribution in [0.2, 0.25) is 0 Å². The summed E-state index contributed by atoms with van der Waals surface area (Å²) in [6.45, 7) is 3.15. The smallest absolute Gasteiger partial charge is 0.0585 e. The summed E-state index contributed by atoms with van der Waals surface area (Å²) >= 11 is 4.49. The van der Waals surface area contributed by atoms with Crippen molar-refractivity contribution in [1.29, 1.82) is 0 Å². The van der Waals surface area contributed by atoms with Gasteiger partial charge in [-0.1, -0.05) is 0 Å². The number of hydrogen-bond donors (Lipinski definition) is 1. The quantitative estimate of drug-likeness (QED) is 0.478. The first-order valence-electron chi connectivity index (χ1n) is 3.68. The van der Waals surface area contributed by atoms with Gasteiger partial charge in [-0.05, 0) is 44.1 Å². The Morgan fingerprint density at radius 3 is 2.80 bits per heavy atom. The van der Waals surface area contributed by atoms with Crippen molar-refractivity contribution in [3.63, 3.8) is 0 Å². The molecule has 2 nitrogen and oxygen atoms in total. The predicted octanol–water partition coefficient (Wildman–Crippen LogP) is 1.09. The Morgan fingerprint density at radius 2 is 2.20 bits per heavy atom. The minimum atomic E-state index is 0.747. The molecule has 0 unspecified atom stereocenters. The Kier molecular flexibility index (Phi) is 3.58. The number of hydrogen-bond acceptors (Lipinski definition) is 3. The average Bonchev–Trinajstić information content (AvgIpc) is 2.03. The van der Waals surface area contributed by atoms with Crippen LogP contribution in [0.3, 0.4) is 0 Å². The van der Waals surface area contributed by atoms with Gasteiger partial charge in [0.1, 0.15) is 0 Å². The number of aliphatic imine (C=N–C) groups is 1. The van der Waals surface area contributed by atoms with Crippen molar-refractivity contribution in [2.24, 2.45) is 10.9 Å². The Morgan fingerprint density at radius 1 is 1.50 bits per heavy atom. The molecule has 0 amide bonds. The summed E-state index contributed by atoms with van der Waals surface area (Å²) in [5.41, 5.74) is 0. The van der Waals surface area contributed by atoms with Gasteiger partial charge in [0, 0.05) is 0 Å². The van der Waals surface area contributed by atoms with E-state index in [0.29, 0.717) is 0 Å². The third-order valence-electron chi connectivity index (χ3n) is 1.87. The Bertz CT molecular complexity index is 135. The van der Waals surface area contributed by atoms with Crippen molar-refractivity contribution in [1.82, 2.24) is 5.32 Å². The van der Waals surface area contributed by atoms with Crippen molar-refractivity contribution in [3.8, 4) is 0 Å². The fraction of sp³-hybridized carbons (Fsp3) is 0.857. The van der Waals surface area contributed by atoms with Crippen molar-refractivity contribution in [2.75, 3.05) is 19.6 Å².